The van der Waals surface area contributed by atoms with E-state index in [0.29, 0.717) is 0 Å². The van der Waals surface area contributed by atoms with E-state index in [0.717, 1.165) is 30.5 Å². The van der Waals surface area contributed by atoms with Crippen LogP contribution in [0, 0.1) is 13.8 Å². The van der Waals surface area contributed by atoms with Crippen molar-refractivity contribution in [1.29, 1.82) is 0 Å². The van der Waals surface area contributed by atoms with E-state index in [1.54, 1.807) is 28.1 Å². The van der Waals surface area contributed by atoms with Crippen LogP contribution in [-0.2, 0) is 7.05 Å². The van der Waals surface area contributed by atoms with Gasteiger partial charge in [-0.25, -0.2) is 0 Å². The number of hydrogen-bond acceptors (Lipinski definition) is 3. The Hall–Kier alpha value is -2.43. The maximum atomic E-state index is 13.2. The quantitative estimate of drug-likeness (QED) is 0.390. The van der Waals surface area contributed by atoms with E-state index in [1.165, 1.54) is 11.1 Å². The molecule has 0 aliphatic carbocycles. The minimum absolute atomic E-state index is 0.0406. The molecule has 0 aliphatic heterocycles. The van der Waals surface area contributed by atoms with Crippen molar-refractivity contribution in [2.45, 2.75) is 33.4 Å². The Kier molecular flexibility index (Phi) is 5.33. The normalized spacial score (nSPS) is 11.1. The third kappa shape index (κ3) is 3.75. The number of para-hydroxylation sites is 1. The highest BCUT2D eigenvalue weighted by Gasteiger charge is 2.17. The topological polar surface area (TPSA) is 22.0 Å². The summed E-state index contributed by atoms with van der Waals surface area (Å²) in [5.74, 6) is 0. The van der Waals surface area contributed by atoms with Crippen molar-refractivity contribution in [2.24, 2.45) is 7.05 Å². The van der Waals surface area contributed by atoms with Gasteiger partial charge in [0.05, 0.1) is 10.4 Å². The second-order valence-electron chi connectivity index (χ2n) is 6.87. The number of rotatable bonds is 4. The molecule has 2 nitrogen and oxygen atoms in total. The Labute approximate surface area is 173 Å². The summed E-state index contributed by atoms with van der Waals surface area (Å²) in [6.07, 6.45) is 0. The second-order valence-corrected chi connectivity index (χ2v) is 9.04. The standard InChI is InChI=1S/C24H21NOS2/c1-16-8-12-18(13-9-16)27-22-20-6-4-5-7-21(20)25(3)24(26)23(22)28-19-14-10-17(2)11-15-19/h4-15H,1-3H3. The lowest BCUT2D eigenvalue weighted by atomic mass is 10.2. The van der Waals surface area contributed by atoms with E-state index >= 15 is 0 Å². The molecule has 3 aromatic carbocycles. The Bertz CT molecular complexity index is 1190. The maximum absolute atomic E-state index is 13.2. The molecule has 0 aliphatic rings. The van der Waals surface area contributed by atoms with Crippen molar-refractivity contribution >= 4 is 34.4 Å². The fourth-order valence-electron chi connectivity index (χ4n) is 3.08. The van der Waals surface area contributed by atoms with Gasteiger partial charge in [0, 0.05) is 27.1 Å². The highest BCUT2D eigenvalue weighted by Crippen LogP contribution is 2.41. The molecule has 0 unspecified atom stereocenters. The lowest BCUT2D eigenvalue weighted by Crippen LogP contribution is -2.19. The Balaban J connectivity index is 1.90. The first-order valence-corrected chi connectivity index (χ1v) is 10.8. The van der Waals surface area contributed by atoms with Crippen LogP contribution < -0.4 is 5.56 Å². The molecule has 0 fully saturated rings. The van der Waals surface area contributed by atoms with Crippen molar-refractivity contribution in [1.82, 2.24) is 4.57 Å². The first-order valence-electron chi connectivity index (χ1n) is 9.14. The summed E-state index contributed by atoms with van der Waals surface area (Å²) in [6, 6.07) is 24.9. The number of hydrogen-bond donors (Lipinski definition) is 0. The van der Waals surface area contributed by atoms with E-state index in [9.17, 15) is 4.79 Å². The summed E-state index contributed by atoms with van der Waals surface area (Å²) in [5.41, 5.74) is 3.44. The highest BCUT2D eigenvalue weighted by molar-refractivity contribution is 8.02. The van der Waals surface area contributed by atoms with Crippen molar-refractivity contribution in [3.8, 4) is 0 Å². The molecule has 0 radical (unpaired) electrons. The third-order valence-corrected chi connectivity index (χ3v) is 7.05. The van der Waals surface area contributed by atoms with Gasteiger partial charge < -0.3 is 4.57 Å². The fourth-order valence-corrected chi connectivity index (χ4v) is 5.23. The minimum atomic E-state index is 0.0406. The van der Waals surface area contributed by atoms with E-state index < -0.39 is 0 Å². The van der Waals surface area contributed by atoms with Crippen molar-refractivity contribution in [3.05, 3.63) is 94.3 Å². The predicted molar refractivity (Wildman–Crippen MR) is 120 cm³/mol. The van der Waals surface area contributed by atoms with Gasteiger partial charge in [0.2, 0.25) is 0 Å². The molecule has 0 bridgehead atoms. The van der Waals surface area contributed by atoms with Crippen molar-refractivity contribution in [2.75, 3.05) is 0 Å². The predicted octanol–water partition coefficient (Wildman–Crippen LogP) is 6.46. The number of fused-ring (bicyclic) bond motifs is 1. The van der Waals surface area contributed by atoms with Crippen LogP contribution in [0.2, 0.25) is 0 Å². The van der Waals surface area contributed by atoms with Crippen LogP contribution in [0.5, 0.6) is 0 Å². The number of benzene rings is 3. The average molecular weight is 404 g/mol. The smallest absolute Gasteiger partial charge is 0.265 e. The van der Waals surface area contributed by atoms with Crippen LogP contribution >= 0.6 is 23.5 Å². The number of aryl methyl sites for hydroxylation is 3. The molecule has 4 rings (SSSR count). The van der Waals surface area contributed by atoms with Gasteiger partial charge in [-0.3, -0.25) is 4.79 Å². The van der Waals surface area contributed by atoms with Gasteiger partial charge in [0.25, 0.3) is 5.56 Å². The van der Waals surface area contributed by atoms with Gasteiger partial charge in [-0.05, 0) is 44.2 Å². The molecule has 0 amide bonds. The Morgan fingerprint density at radius 1 is 0.679 bits per heavy atom. The lowest BCUT2D eigenvalue weighted by Gasteiger charge is -2.15. The van der Waals surface area contributed by atoms with E-state index in [2.05, 4.69) is 68.4 Å². The molecule has 4 heteroatoms. The third-order valence-electron chi connectivity index (χ3n) is 4.70. The summed E-state index contributed by atoms with van der Waals surface area (Å²) >= 11 is 3.21. The highest BCUT2D eigenvalue weighted by atomic mass is 32.2. The molecule has 0 saturated heterocycles. The Morgan fingerprint density at radius 3 is 1.75 bits per heavy atom. The number of nitrogens with zero attached hydrogens (tertiary/aromatic N) is 1. The summed E-state index contributed by atoms with van der Waals surface area (Å²) in [4.78, 5) is 17.3. The summed E-state index contributed by atoms with van der Waals surface area (Å²) < 4.78 is 1.76. The maximum Gasteiger partial charge on any atom is 0.265 e. The first kappa shape index (κ1) is 18.9. The molecular weight excluding hydrogens is 382 g/mol. The molecule has 0 spiro atoms. The largest absolute Gasteiger partial charge is 0.310 e. The molecule has 0 atom stereocenters. The zero-order valence-corrected chi connectivity index (χ0v) is 17.7. The zero-order chi connectivity index (χ0) is 19.7. The van der Waals surface area contributed by atoms with Crippen molar-refractivity contribution < 1.29 is 0 Å². The molecule has 0 N–H and O–H groups in total. The van der Waals surface area contributed by atoms with Crippen LogP contribution in [0.3, 0.4) is 0 Å². The summed E-state index contributed by atoms with van der Waals surface area (Å²) in [6.45, 7) is 4.16. The molecule has 1 heterocycles. The van der Waals surface area contributed by atoms with Gasteiger partial charge in [-0.15, -0.1) is 0 Å². The second kappa shape index (κ2) is 7.90. The molecule has 28 heavy (non-hydrogen) atoms. The summed E-state index contributed by atoms with van der Waals surface area (Å²) in [7, 11) is 1.85. The van der Waals surface area contributed by atoms with Crippen LogP contribution in [0.25, 0.3) is 10.9 Å². The van der Waals surface area contributed by atoms with Gasteiger partial charge in [-0.2, -0.15) is 0 Å². The molecule has 1 aromatic heterocycles. The van der Waals surface area contributed by atoms with Crippen LogP contribution in [0.4, 0.5) is 0 Å². The molecule has 4 aromatic rings. The summed E-state index contributed by atoms with van der Waals surface area (Å²) in [5, 5.41) is 1.10. The van der Waals surface area contributed by atoms with E-state index in [1.807, 2.05) is 25.2 Å². The lowest BCUT2D eigenvalue weighted by molar-refractivity contribution is 0.859. The van der Waals surface area contributed by atoms with Gasteiger partial charge in [-0.1, -0.05) is 77.1 Å². The monoisotopic (exact) mass is 403 g/mol. The fraction of sp³-hybridized carbons (Fsp3) is 0.125. The van der Waals surface area contributed by atoms with Crippen LogP contribution in [-0.4, -0.2) is 4.57 Å². The number of aromatic nitrogens is 1. The van der Waals surface area contributed by atoms with E-state index in [-0.39, 0.29) is 5.56 Å². The molecule has 140 valence electrons. The first-order chi connectivity index (χ1) is 13.5. The van der Waals surface area contributed by atoms with Gasteiger partial charge in [0.15, 0.2) is 0 Å². The zero-order valence-electron chi connectivity index (χ0n) is 16.1. The van der Waals surface area contributed by atoms with Gasteiger partial charge >= 0.3 is 0 Å². The van der Waals surface area contributed by atoms with Crippen LogP contribution in [0.15, 0.2) is 97.2 Å². The van der Waals surface area contributed by atoms with Crippen molar-refractivity contribution in [3.63, 3.8) is 0 Å². The SMILES string of the molecule is Cc1ccc(Sc2c(Sc3ccc(C)cc3)c3ccccc3n(C)c2=O)cc1. The number of pyridine rings is 1. The van der Waals surface area contributed by atoms with Crippen LogP contribution in [0.1, 0.15) is 11.1 Å². The van der Waals surface area contributed by atoms with E-state index in [4.69, 9.17) is 0 Å². The molecule has 0 saturated carbocycles. The molecular formula is C24H21NOS2. The Morgan fingerprint density at radius 2 is 1.18 bits per heavy atom. The average Bonchev–Trinajstić information content (AvgIpc) is 2.71. The van der Waals surface area contributed by atoms with Gasteiger partial charge in [0.1, 0.15) is 0 Å². The minimum Gasteiger partial charge on any atom is -0.310 e.